The van der Waals surface area contributed by atoms with Gasteiger partial charge in [0.2, 0.25) is 0 Å². The van der Waals surface area contributed by atoms with E-state index in [-0.39, 0.29) is 11.7 Å². The van der Waals surface area contributed by atoms with Crippen LogP contribution in [0.2, 0.25) is 0 Å². The van der Waals surface area contributed by atoms with E-state index in [0.29, 0.717) is 15.9 Å². The van der Waals surface area contributed by atoms with Gasteiger partial charge >= 0.3 is 0 Å². The minimum atomic E-state index is -0.371. The van der Waals surface area contributed by atoms with Crippen LogP contribution in [0.5, 0.6) is 0 Å². The van der Waals surface area contributed by atoms with E-state index in [1.54, 1.807) is 35.1 Å². The number of rotatable bonds is 2. The quantitative estimate of drug-likeness (QED) is 0.385. The van der Waals surface area contributed by atoms with Crippen LogP contribution in [0.25, 0.3) is 31.7 Å². The molecule has 0 aliphatic rings. The first kappa shape index (κ1) is 17.9. The predicted octanol–water partition coefficient (Wildman–Crippen LogP) is 5.40. The Morgan fingerprint density at radius 2 is 1.97 bits per heavy atom. The molecule has 0 aliphatic heterocycles. The molecule has 0 saturated carbocycles. The number of halogens is 1. The monoisotopic (exact) mass is 419 g/mol. The number of amides is 1. The first-order valence-corrected chi connectivity index (χ1v) is 10.6. The van der Waals surface area contributed by atoms with Gasteiger partial charge in [0.25, 0.3) is 5.91 Å². The van der Waals surface area contributed by atoms with Crippen molar-refractivity contribution in [2.75, 3.05) is 0 Å². The smallest absolute Gasteiger partial charge is 0.280 e. The van der Waals surface area contributed by atoms with Crippen molar-refractivity contribution in [2.45, 2.75) is 0 Å². The number of hydrogen-bond donors (Lipinski definition) is 0. The number of carbonyl (C=O) groups is 1. The standard InChI is InChI=1S/C22H14FN3OS2/c1-26-20-15(23)7-4-9-19(20)29-22(26)25-21(27)14-12-17(18-10-5-11-28-18)24-16-8-3-2-6-13(14)16/h2-12H,1H3. The average molecular weight is 420 g/mol. The van der Waals surface area contributed by atoms with Gasteiger partial charge in [0, 0.05) is 12.4 Å². The zero-order valence-electron chi connectivity index (χ0n) is 15.3. The molecule has 4 nitrogen and oxygen atoms in total. The Labute approximate surface area is 173 Å². The summed E-state index contributed by atoms with van der Waals surface area (Å²) in [7, 11) is 1.72. The largest absolute Gasteiger partial charge is 0.317 e. The van der Waals surface area contributed by atoms with Crippen molar-refractivity contribution in [1.29, 1.82) is 0 Å². The average Bonchev–Trinajstić information content (AvgIpc) is 3.37. The van der Waals surface area contributed by atoms with Crippen molar-refractivity contribution in [3.63, 3.8) is 0 Å². The van der Waals surface area contributed by atoms with Crippen LogP contribution < -0.4 is 4.80 Å². The molecule has 0 fully saturated rings. The fraction of sp³-hybridized carbons (Fsp3) is 0.0455. The van der Waals surface area contributed by atoms with Crippen molar-refractivity contribution < 1.29 is 9.18 Å². The van der Waals surface area contributed by atoms with Crippen LogP contribution >= 0.6 is 22.7 Å². The molecular formula is C22H14FN3OS2. The van der Waals surface area contributed by atoms with Crippen LogP contribution in [0.3, 0.4) is 0 Å². The van der Waals surface area contributed by atoms with E-state index in [9.17, 15) is 9.18 Å². The van der Waals surface area contributed by atoms with Crippen LogP contribution in [0.1, 0.15) is 10.4 Å². The topological polar surface area (TPSA) is 47.2 Å². The number of aryl methyl sites for hydroxylation is 1. The van der Waals surface area contributed by atoms with Gasteiger partial charge in [0.05, 0.1) is 31.9 Å². The molecule has 0 radical (unpaired) electrons. The fourth-order valence-electron chi connectivity index (χ4n) is 3.31. The summed E-state index contributed by atoms with van der Waals surface area (Å²) < 4.78 is 16.6. The summed E-state index contributed by atoms with van der Waals surface area (Å²) in [6, 6.07) is 18.1. The van der Waals surface area contributed by atoms with Gasteiger partial charge in [0.1, 0.15) is 5.82 Å². The summed E-state index contributed by atoms with van der Waals surface area (Å²) >= 11 is 2.86. The number of aromatic nitrogens is 2. The minimum absolute atomic E-state index is 0.329. The Kier molecular flexibility index (Phi) is 4.34. The van der Waals surface area contributed by atoms with Crippen LogP contribution in [-0.4, -0.2) is 15.5 Å². The summed E-state index contributed by atoms with van der Waals surface area (Å²) in [4.78, 5) is 23.6. The SMILES string of the molecule is Cn1c(=NC(=O)c2cc(-c3cccs3)nc3ccccc23)sc2cccc(F)c21. The van der Waals surface area contributed by atoms with Gasteiger partial charge in [-0.1, -0.05) is 41.7 Å². The molecule has 0 bridgehead atoms. The van der Waals surface area contributed by atoms with E-state index in [0.717, 1.165) is 26.2 Å². The van der Waals surface area contributed by atoms with Gasteiger partial charge in [-0.05, 0) is 35.7 Å². The summed E-state index contributed by atoms with van der Waals surface area (Å²) in [6.07, 6.45) is 0. The van der Waals surface area contributed by atoms with Gasteiger partial charge in [0.15, 0.2) is 4.80 Å². The maximum Gasteiger partial charge on any atom is 0.280 e. The zero-order valence-corrected chi connectivity index (χ0v) is 16.9. The Hall–Kier alpha value is -3.16. The molecule has 5 aromatic rings. The first-order valence-electron chi connectivity index (χ1n) is 8.88. The summed E-state index contributed by atoms with van der Waals surface area (Å²) in [5.41, 5.74) is 2.41. The van der Waals surface area contributed by atoms with Crippen molar-refractivity contribution in [1.82, 2.24) is 9.55 Å². The van der Waals surface area contributed by atoms with Crippen LogP contribution in [-0.2, 0) is 7.05 Å². The third-order valence-corrected chi connectivity index (χ3v) is 6.68. The Balaban J connectivity index is 1.72. The van der Waals surface area contributed by atoms with Crippen molar-refractivity contribution >= 4 is 49.7 Å². The molecule has 0 spiro atoms. The first-order chi connectivity index (χ1) is 14.1. The molecule has 2 aromatic carbocycles. The highest BCUT2D eigenvalue weighted by Gasteiger charge is 2.15. The Morgan fingerprint density at radius 1 is 1.10 bits per heavy atom. The predicted molar refractivity (Wildman–Crippen MR) is 116 cm³/mol. The van der Waals surface area contributed by atoms with Crippen molar-refractivity contribution in [2.24, 2.45) is 12.0 Å². The minimum Gasteiger partial charge on any atom is -0.317 e. The molecule has 0 atom stereocenters. The number of nitrogens with zero attached hydrogens (tertiary/aromatic N) is 3. The third-order valence-electron chi connectivity index (χ3n) is 4.69. The molecule has 3 heterocycles. The van der Waals surface area contributed by atoms with Gasteiger partial charge in [-0.25, -0.2) is 9.37 Å². The summed E-state index contributed by atoms with van der Waals surface area (Å²) in [5, 5.41) is 2.72. The van der Waals surface area contributed by atoms with Gasteiger partial charge < -0.3 is 4.57 Å². The highest BCUT2D eigenvalue weighted by molar-refractivity contribution is 7.16. The number of thiophene rings is 1. The fourth-order valence-corrected chi connectivity index (χ4v) is 5.03. The van der Waals surface area contributed by atoms with Gasteiger partial charge in [-0.3, -0.25) is 4.79 Å². The number of hydrogen-bond acceptors (Lipinski definition) is 4. The molecule has 142 valence electrons. The van der Waals surface area contributed by atoms with Gasteiger partial charge in [-0.15, -0.1) is 11.3 Å². The van der Waals surface area contributed by atoms with Crippen LogP contribution in [0.4, 0.5) is 4.39 Å². The molecule has 29 heavy (non-hydrogen) atoms. The lowest BCUT2D eigenvalue weighted by Crippen LogP contribution is -2.14. The number of pyridine rings is 1. The maximum atomic E-state index is 14.2. The van der Waals surface area contributed by atoms with E-state index >= 15 is 0 Å². The highest BCUT2D eigenvalue weighted by atomic mass is 32.1. The van der Waals surface area contributed by atoms with E-state index in [2.05, 4.69) is 4.99 Å². The Morgan fingerprint density at radius 3 is 2.76 bits per heavy atom. The molecule has 0 saturated heterocycles. The molecule has 5 rings (SSSR count). The Bertz CT molecular complexity index is 1450. The van der Waals surface area contributed by atoms with Gasteiger partial charge in [-0.2, -0.15) is 4.99 Å². The van der Waals surface area contributed by atoms with E-state index < -0.39 is 0 Å². The number of carbonyl (C=O) groups excluding carboxylic acids is 1. The lowest BCUT2D eigenvalue weighted by Gasteiger charge is -2.06. The second kappa shape index (κ2) is 7.02. The van der Waals surface area contributed by atoms with Crippen molar-refractivity contribution in [3.8, 4) is 10.6 Å². The zero-order chi connectivity index (χ0) is 20.0. The van der Waals surface area contributed by atoms with Crippen LogP contribution in [0.15, 0.2) is 71.0 Å². The number of thiazole rings is 1. The normalized spacial score (nSPS) is 12.1. The molecule has 7 heteroatoms. The second-order valence-corrected chi connectivity index (χ2v) is 8.45. The number of para-hydroxylation sites is 2. The highest BCUT2D eigenvalue weighted by Crippen LogP contribution is 2.28. The summed E-state index contributed by atoms with van der Waals surface area (Å²) in [6.45, 7) is 0. The second-order valence-electron chi connectivity index (χ2n) is 6.50. The van der Waals surface area contributed by atoms with Crippen LogP contribution in [0, 0.1) is 5.82 Å². The molecular weight excluding hydrogens is 405 g/mol. The lowest BCUT2D eigenvalue weighted by molar-refractivity contribution is 0.0999. The number of fused-ring (bicyclic) bond motifs is 2. The molecule has 3 aromatic heterocycles. The van der Waals surface area contributed by atoms with E-state index in [1.807, 2.05) is 47.8 Å². The lowest BCUT2D eigenvalue weighted by atomic mass is 10.1. The maximum absolute atomic E-state index is 14.2. The number of benzene rings is 2. The molecule has 1 amide bonds. The molecule has 0 aliphatic carbocycles. The molecule has 0 unspecified atom stereocenters. The third kappa shape index (κ3) is 3.08. The van der Waals surface area contributed by atoms with E-state index in [4.69, 9.17) is 4.98 Å². The van der Waals surface area contributed by atoms with E-state index in [1.165, 1.54) is 17.4 Å². The summed E-state index contributed by atoms with van der Waals surface area (Å²) in [5.74, 6) is -0.700. The molecule has 0 N–H and O–H groups in total. The van der Waals surface area contributed by atoms with Crippen molar-refractivity contribution in [3.05, 3.63) is 82.2 Å².